The van der Waals surface area contributed by atoms with E-state index in [1.165, 1.54) is 17.0 Å². The fraction of sp³-hybridized carbons (Fsp3) is 0.316. The van der Waals surface area contributed by atoms with Crippen LogP contribution in [0.1, 0.15) is 54.4 Å². The summed E-state index contributed by atoms with van der Waals surface area (Å²) in [4.78, 5) is 30.6. The first-order valence-corrected chi connectivity index (χ1v) is 18.9. The minimum Gasteiger partial charge on any atom is -0.352 e. The van der Waals surface area contributed by atoms with E-state index in [-0.39, 0.29) is 29.8 Å². The molecule has 0 bridgehead atoms. The lowest BCUT2D eigenvalue weighted by Gasteiger charge is -2.35. The Balaban J connectivity index is 1.61. The van der Waals surface area contributed by atoms with Crippen molar-refractivity contribution in [2.45, 2.75) is 75.9 Å². The number of sulfonamides is 1. The Morgan fingerprint density at radius 3 is 2.12 bits per heavy atom. The second-order valence-electron chi connectivity index (χ2n) is 12.5. The summed E-state index contributed by atoms with van der Waals surface area (Å²) in [5.41, 5.74) is 3.04. The van der Waals surface area contributed by atoms with Crippen molar-refractivity contribution in [1.29, 1.82) is 0 Å². The topological polar surface area (TPSA) is 86.8 Å². The van der Waals surface area contributed by atoms with Crippen molar-refractivity contribution in [3.63, 3.8) is 0 Å². The van der Waals surface area contributed by atoms with Crippen LogP contribution in [0.15, 0.2) is 95.9 Å². The molecule has 7 nitrogen and oxygen atoms in total. The normalized spacial score (nSPS) is 14.2. The van der Waals surface area contributed by atoms with Crippen molar-refractivity contribution in [1.82, 2.24) is 10.2 Å². The fourth-order valence-corrected chi connectivity index (χ4v) is 8.42. The van der Waals surface area contributed by atoms with E-state index in [9.17, 15) is 18.0 Å². The van der Waals surface area contributed by atoms with Gasteiger partial charge >= 0.3 is 0 Å². The smallest absolute Gasteiger partial charge is 0.264 e. The molecule has 1 unspecified atom stereocenters. The van der Waals surface area contributed by atoms with Gasteiger partial charge in [-0.15, -0.1) is 0 Å². The molecule has 11 heteroatoms. The lowest BCUT2D eigenvalue weighted by atomic mass is 9.94. The van der Waals surface area contributed by atoms with Gasteiger partial charge in [0.15, 0.2) is 0 Å². The minimum absolute atomic E-state index is 0.0180. The summed E-state index contributed by atoms with van der Waals surface area (Å²) in [7, 11) is -4.26. The maximum atomic E-state index is 14.8. The number of carbonyl (C=O) groups excluding carboxylic acids is 2. The SMILES string of the molecule is Cc1ccc(S(=O)(=O)N(CC(=O)N(Cc2c(Cl)cccc2Cl)C(Cc2ccccc2)C(=O)NC2CCCCC2)c2ccc(Cl)cc2C)cc1. The van der Waals surface area contributed by atoms with Gasteiger partial charge < -0.3 is 10.2 Å². The Bertz CT molecular complexity index is 1860. The second-order valence-corrected chi connectivity index (χ2v) is 15.6. The molecule has 1 saturated carbocycles. The van der Waals surface area contributed by atoms with E-state index in [2.05, 4.69) is 5.32 Å². The molecule has 4 aromatic rings. The summed E-state index contributed by atoms with van der Waals surface area (Å²) < 4.78 is 29.8. The number of hydrogen-bond donors (Lipinski definition) is 1. The highest BCUT2D eigenvalue weighted by Crippen LogP contribution is 2.31. The van der Waals surface area contributed by atoms with E-state index in [1.54, 1.807) is 55.5 Å². The number of nitrogens with one attached hydrogen (secondary N) is 1. The summed E-state index contributed by atoms with van der Waals surface area (Å²) in [6.07, 6.45) is 5.04. The van der Waals surface area contributed by atoms with Gasteiger partial charge in [-0.05, 0) is 80.3 Å². The third kappa shape index (κ3) is 9.17. The predicted molar refractivity (Wildman–Crippen MR) is 198 cm³/mol. The summed E-state index contributed by atoms with van der Waals surface area (Å²) in [6.45, 7) is 2.89. The molecule has 0 aliphatic heterocycles. The molecule has 4 aromatic carbocycles. The molecule has 1 fully saturated rings. The van der Waals surface area contributed by atoms with E-state index in [0.717, 1.165) is 47.5 Å². The molecule has 0 aromatic heterocycles. The van der Waals surface area contributed by atoms with Gasteiger partial charge in [0.25, 0.3) is 10.0 Å². The first-order valence-electron chi connectivity index (χ1n) is 16.4. The maximum absolute atomic E-state index is 14.8. The van der Waals surface area contributed by atoms with Gasteiger partial charge in [-0.2, -0.15) is 0 Å². The van der Waals surface area contributed by atoms with Crippen LogP contribution in [0, 0.1) is 13.8 Å². The minimum atomic E-state index is -4.26. The van der Waals surface area contributed by atoms with E-state index < -0.39 is 28.5 Å². The number of hydrogen-bond acceptors (Lipinski definition) is 4. The number of carbonyl (C=O) groups is 2. The molecule has 2 amide bonds. The molecule has 0 radical (unpaired) electrons. The van der Waals surface area contributed by atoms with Crippen LogP contribution in [0.2, 0.25) is 15.1 Å². The molecule has 0 spiro atoms. The Kier molecular flexibility index (Phi) is 12.3. The highest BCUT2D eigenvalue weighted by atomic mass is 35.5. The van der Waals surface area contributed by atoms with Crippen LogP contribution < -0.4 is 9.62 Å². The zero-order valence-corrected chi connectivity index (χ0v) is 30.6. The molecule has 1 aliphatic rings. The molecule has 1 N–H and O–H groups in total. The first kappa shape index (κ1) is 36.7. The molecule has 258 valence electrons. The van der Waals surface area contributed by atoms with Gasteiger partial charge in [-0.3, -0.25) is 13.9 Å². The molecule has 0 heterocycles. The van der Waals surface area contributed by atoms with Crippen molar-refractivity contribution >= 4 is 62.3 Å². The van der Waals surface area contributed by atoms with Crippen LogP contribution in [0.4, 0.5) is 5.69 Å². The van der Waals surface area contributed by atoms with Gasteiger partial charge in [0, 0.05) is 39.6 Å². The molecule has 49 heavy (non-hydrogen) atoms. The molecule has 1 atom stereocenters. The number of nitrogens with zero attached hydrogens (tertiary/aromatic N) is 2. The van der Waals surface area contributed by atoms with Crippen molar-refractivity contribution in [2.24, 2.45) is 0 Å². The van der Waals surface area contributed by atoms with Gasteiger partial charge in [0.05, 0.1) is 10.6 Å². The number of amides is 2. The number of halogens is 3. The lowest BCUT2D eigenvalue weighted by Crippen LogP contribution is -2.55. The van der Waals surface area contributed by atoms with Crippen LogP contribution in [-0.2, 0) is 32.6 Å². The Morgan fingerprint density at radius 1 is 0.837 bits per heavy atom. The van der Waals surface area contributed by atoms with Crippen LogP contribution in [0.5, 0.6) is 0 Å². The van der Waals surface area contributed by atoms with Crippen molar-refractivity contribution in [2.75, 3.05) is 10.8 Å². The summed E-state index contributed by atoms with van der Waals surface area (Å²) in [6, 6.07) is 24.7. The van der Waals surface area contributed by atoms with E-state index >= 15 is 0 Å². The van der Waals surface area contributed by atoms with Gasteiger partial charge in [0.2, 0.25) is 11.8 Å². The molecule has 5 rings (SSSR count). The quantitative estimate of drug-likeness (QED) is 0.158. The third-order valence-electron chi connectivity index (χ3n) is 8.93. The predicted octanol–water partition coefficient (Wildman–Crippen LogP) is 8.55. The van der Waals surface area contributed by atoms with Gasteiger partial charge in [0.1, 0.15) is 12.6 Å². The van der Waals surface area contributed by atoms with Gasteiger partial charge in [-0.1, -0.05) is 108 Å². The van der Waals surface area contributed by atoms with E-state index in [4.69, 9.17) is 34.8 Å². The summed E-state index contributed by atoms with van der Waals surface area (Å²) in [5.74, 6) is -0.913. The Hall–Kier alpha value is -3.56. The number of rotatable bonds is 12. The van der Waals surface area contributed by atoms with Crippen molar-refractivity contribution < 1.29 is 18.0 Å². The van der Waals surface area contributed by atoms with Crippen LogP contribution in [0.25, 0.3) is 0 Å². The number of aryl methyl sites for hydroxylation is 2. The van der Waals surface area contributed by atoms with Crippen LogP contribution in [0.3, 0.4) is 0 Å². The van der Waals surface area contributed by atoms with Crippen molar-refractivity contribution in [3.05, 3.63) is 128 Å². The van der Waals surface area contributed by atoms with E-state index in [0.29, 0.717) is 31.9 Å². The Labute approximate surface area is 304 Å². The zero-order chi connectivity index (χ0) is 35.1. The third-order valence-corrected chi connectivity index (χ3v) is 11.6. The number of benzene rings is 4. The monoisotopic (exact) mass is 739 g/mol. The van der Waals surface area contributed by atoms with E-state index in [1.807, 2.05) is 37.3 Å². The highest BCUT2D eigenvalue weighted by Gasteiger charge is 2.36. The number of anilines is 1. The first-order chi connectivity index (χ1) is 23.4. The Morgan fingerprint density at radius 2 is 1.49 bits per heavy atom. The average molecular weight is 741 g/mol. The van der Waals surface area contributed by atoms with Crippen molar-refractivity contribution in [3.8, 4) is 0 Å². The van der Waals surface area contributed by atoms with Crippen LogP contribution in [-0.4, -0.2) is 43.8 Å². The molecule has 0 saturated heterocycles. The summed E-state index contributed by atoms with van der Waals surface area (Å²) in [5, 5.41) is 4.29. The zero-order valence-electron chi connectivity index (χ0n) is 27.5. The highest BCUT2D eigenvalue weighted by molar-refractivity contribution is 7.92. The largest absolute Gasteiger partial charge is 0.352 e. The average Bonchev–Trinajstić information content (AvgIpc) is 3.07. The standard InChI is InChI=1S/C38H40Cl3N3O4S/c1-26-16-19-31(20-17-26)49(47,48)44(35-21-18-29(39)22-27(35)2)25-37(45)43(24-32-33(40)14-9-15-34(32)41)36(23-28-10-5-3-6-11-28)38(46)42-30-12-7-4-8-13-30/h3,5-6,9-11,14-22,30,36H,4,7-8,12-13,23-25H2,1-2H3,(H,42,46). The van der Waals surface area contributed by atoms with Gasteiger partial charge in [-0.25, -0.2) is 8.42 Å². The maximum Gasteiger partial charge on any atom is 0.264 e. The summed E-state index contributed by atoms with van der Waals surface area (Å²) >= 11 is 19.5. The molecular weight excluding hydrogens is 701 g/mol. The fourth-order valence-electron chi connectivity index (χ4n) is 6.20. The molecular formula is C38H40Cl3N3O4S. The molecule has 1 aliphatic carbocycles. The van der Waals surface area contributed by atoms with Crippen LogP contribution >= 0.6 is 34.8 Å². The lowest BCUT2D eigenvalue weighted by molar-refractivity contribution is -0.140. The second kappa shape index (κ2) is 16.4.